The van der Waals surface area contributed by atoms with E-state index in [1.54, 1.807) is 25.1 Å². The summed E-state index contributed by atoms with van der Waals surface area (Å²) in [6.45, 7) is 3.71. The molecule has 1 atom stereocenters. The monoisotopic (exact) mass is 420 g/mol. The zero-order valence-corrected chi connectivity index (χ0v) is 17.5. The zero-order valence-electron chi connectivity index (χ0n) is 17.5. The van der Waals surface area contributed by atoms with Crippen molar-refractivity contribution in [1.82, 2.24) is 15.5 Å². The molecule has 1 aliphatic carbocycles. The van der Waals surface area contributed by atoms with Gasteiger partial charge >= 0.3 is 6.03 Å². The van der Waals surface area contributed by atoms with E-state index >= 15 is 0 Å². The summed E-state index contributed by atoms with van der Waals surface area (Å²) in [5.41, 5.74) is 2.37. The Bertz CT molecular complexity index is 1100. The number of anilines is 1. The fourth-order valence-corrected chi connectivity index (χ4v) is 4.23. The Morgan fingerprint density at radius 3 is 2.71 bits per heavy atom. The van der Waals surface area contributed by atoms with Crippen molar-refractivity contribution >= 4 is 29.4 Å². The molecule has 0 aromatic heterocycles. The Morgan fingerprint density at radius 1 is 1.16 bits per heavy atom. The van der Waals surface area contributed by atoms with Crippen LogP contribution in [-0.4, -0.2) is 41.7 Å². The largest absolute Gasteiger partial charge is 0.352 e. The van der Waals surface area contributed by atoms with Gasteiger partial charge in [-0.25, -0.2) is 4.79 Å². The summed E-state index contributed by atoms with van der Waals surface area (Å²) < 4.78 is 0. The number of imide groups is 1. The highest BCUT2D eigenvalue weighted by Crippen LogP contribution is 2.41. The first-order valence-corrected chi connectivity index (χ1v) is 10.3. The summed E-state index contributed by atoms with van der Waals surface area (Å²) in [5.74, 6) is -1.16. The van der Waals surface area contributed by atoms with Crippen molar-refractivity contribution in [2.45, 2.75) is 32.2 Å². The van der Waals surface area contributed by atoms with Crippen LogP contribution in [0.4, 0.5) is 10.5 Å². The molecule has 8 heteroatoms. The van der Waals surface area contributed by atoms with Crippen LogP contribution < -0.4 is 16.0 Å². The van der Waals surface area contributed by atoms with Gasteiger partial charge in [-0.2, -0.15) is 0 Å². The van der Waals surface area contributed by atoms with E-state index < -0.39 is 29.9 Å². The number of nitrogens with zero attached hydrogens (tertiary/aromatic N) is 1. The van der Waals surface area contributed by atoms with Crippen molar-refractivity contribution in [3.8, 4) is 0 Å². The van der Waals surface area contributed by atoms with Crippen LogP contribution in [0.5, 0.6) is 0 Å². The van der Waals surface area contributed by atoms with Gasteiger partial charge in [0.2, 0.25) is 5.91 Å². The second-order valence-electron chi connectivity index (χ2n) is 7.82. The van der Waals surface area contributed by atoms with E-state index in [-0.39, 0.29) is 5.91 Å². The predicted octanol–water partition coefficient (Wildman–Crippen LogP) is 2.08. The number of rotatable bonds is 5. The van der Waals surface area contributed by atoms with Crippen LogP contribution >= 0.6 is 0 Å². The molecule has 1 fully saturated rings. The minimum Gasteiger partial charge on any atom is -0.352 e. The molecule has 1 saturated heterocycles. The van der Waals surface area contributed by atoms with Gasteiger partial charge < -0.3 is 16.0 Å². The fourth-order valence-electron chi connectivity index (χ4n) is 4.23. The molecule has 1 spiro atoms. The third-order valence-corrected chi connectivity index (χ3v) is 5.84. The first-order chi connectivity index (χ1) is 14.9. The van der Waals surface area contributed by atoms with Crippen molar-refractivity contribution in [2.24, 2.45) is 0 Å². The molecule has 4 rings (SSSR count). The van der Waals surface area contributed by atoms with Gasteiger partial charge in [0, 0.05) is 17.8 Å². The lowest BCUT2D eigenvalue weighted by molar-refractivity contribution is -0.134. The number of carbonyl (C=O) groups is 4. The van der Waals surface area contributed by atoms with Crippen LogP contribution in [-0.2, 0) is 21.5 Å². The quantitative estimate of drug-likeness (QED) is 0.644. The molecule has 5 amide bonds. The van der Waals surface area contributed by atoms with Crippen molar-refractivity contribution in [3.05, 3.63) is 64.7 Å². The maximum Gasteiger partial charge on any atom is 0.325 e. The Labute approximate surface area is 180 Å². The number of benzene rings is 2. The molecule has 0 saturated carbocycles. The normalized spacial score (nSPS) is 19.4. The molecule has 160 valence electrons. The number of hydrogen-bond donors (Lipinski definition) is 3. The number of amides is 5. The minimum atomic E-state index is -1.10. The number of carbonyl (C=O) groups excluding carboxylic acids is 4. The van der Waals surface area contributed by atoms with E-state index in [4.69, 9.17) is 0 Å². The molecule has 0 radical (unpaired) electrons. The van der Waals surface area contributed by atoms with Crippen LogP contribution in [0, 0.1) is 6.92 Å². The van der Waals surface area contributed by atoms with Gasteiger partial charge in [0.05, 0.1) is 0 Å². The van der Waals surface area contributed by atoms with E-state index in [1.807, 2.05) is 31.2 Å². The summed E-state index contributed by atoms with van der Waals surface area (Å²) in [6.07, 6.45) is 1.16. The van der Waals surface area contributed by atoms with E-state index in [0.717, 1.165) is 21.6 Å². The van der Waals surface area contributed by atoms with Gasteiger partial charge in [-0.15, -0.1) is 0 Å². The Morgan fingerprint density at radius 2 is 1.94 bits per heavy atom. The molecule has 8 nitrogen and oxygen atoms in total. The predicted molar refractivity (Wildman–Crippen MR) is 115 cm³/mol. The van der Waals surface area contributed by atoms with Gasteiger partial charge in [-0.3, -0.25) is 19.3 Å². The lowest BCUT2D eigenvalue weighted by Gasteiger charge is -2.22. The van der Waals surface area contributed by atoms with Gasteiger partial charge in [0.25, 0.3) is 11.8 Å². The standard InChI is InChI=1S/C23H24N4O4/c1-3-24-20(29)16-9-8-14(2)18(12-16)25-19(28)13-27-21(30)23(26-22(27)31)11-10-15-6-4-5-7-17(15)23/h4-9,12H,3,10-11,13H2,1-2H3,(H,24,29)(H,25,28)(H,26,31). The van der Waals surface area contributed by atoms with Gasteiger partial charge in [-0.05, 0) is 55.5 Å². The Hall–Kier alpha value is -3.68. The van der Waals surface area contributed by atoms with E-state index in [9.17, 15) is 19.2 Å². The topological polar surface area (TPSA) is 108 Å². The number of aryl methyl sites for hydroxylation is 2. The Balaban J connectivity index is 1.50. The van der Waals surface area contributed by atoms with E-state index in [2.05, 4.69) is 16.0 Å². The lowest BCUT2D eigenvalue weighted by atomic mass is 9.92. The third-order valence-electron chi connectivity index (χ3n) is 5.84. The van der Waals surface area contributed by atoms with E-state index in [0.29, 0.717) is 30.6 Å². The molecule has 31 heavy (non-hydrogen) atoms. The van der Waals surface area contributed by atoms with Crippen LogP contribution in [0.15, 0.2) is 42.5 Å². The first kappa shape index (κ1) is 20.6. The number of fused-ring (bicyclic) bond motifs is 2. The molecule has 1 aliphatic heterocycles. The number of hydrogen-bond acceptors (Lipinski definition) is 4. The van der Waals surface area contributed by atoms with Crippen molar-refractivity contribution in [1.29, 1.82) is 0 Å². The van der Waals surface area contributed by atoms with Gasteiger partial charge in [0.1, 0.15) is 12.1 Å². The Kier molecular flexibility index (Phi) is 5.22. The third kappa shape index (κ3) is 3.54. The first-order valence-electron chi connectivity index (χ1n) is 10.3. The molecule has 2 aromatic carbocycles. The second kappa shape index (κ2) is 7.86. The maximum atomic E-state index is 13.2. The minimum absolute atomic E-state index is 0.242. The zero-order chi connectivity index (χ0) is 22.2. The SMILES string of the molecule is CCNC(=O)c1ccc(C)c(NC(=O)CN2C(=O)NC3(CCc4ccccc43)C2=O)c1. The summed E-state index contributed by atoms with van der Waals surface area (Å²) in [4.78, 5) is 51.5. The fraction of sp³-hybridized carbons (Fsp3) is 0.304. The summed E-state index contributed by atoms with van der Waals surface area (Å²) in [5, 5.41) is 8.24. The van der Waals surface area contributed by atoms with Crippen molar-refractivity contribution < 1.29 is 19.2 Å². The highest BCUT2D eigenvalue weighted by atomic mass is 16.2. The molecule has 2 aliphatic rings. The van der Waals surface area contributed by atoms with Crippen LogP contribution in [0.3, 0.4) is 0 Å². The molecule has 2 aromatic rings. The number of urea groups is 1. The van der Waals surface area contributed by atoms with E-state index in [1.165, 1.54) is 0 Å². The molecule has 0 bridgehead atoms. The molecule has 3 N–H and O–H groups in total. The van der Waals surface area contributed by atoms with Crippen LogP contribution in [0.1, 0.15) is 40.4 Å². The molecular formula is C23H24N4O4. The molecule has 1 heterocycles. The number of nitrogens with one attached hydrogen (secondary N) is 3. The van der Waals surface area contributed by atoms with Crippen molar-refractivity contribution in [3.63, 3.8) is 0 Å². The van der Waals surface area contributed by atoms with Crippen LogP contribution in [0.25, 0.3) is 0 Å². The average Bonchev–Trinajstić information content (AvgIpc) is 3.23. The summed E-state index contributed by atoms with van der Waals surface area (Å²) in [6, 6.07) is 12.0. The average molecular weight is 420 g/mol. The second-order valence-corrected chi connectivity index (χ2v) is 7.82. The van der Waals surface area contributed by atoms with Crippen molar-refractivity contribution in [2.75, 3.05) is 18.4 Å². The highest BCUT2D eigenvalue weighted by Gasteiger charge is 2.55. The smallest absolute Gasteiger partial charge is 0.325 e. The lowest BCUT2D eigenvalue weighted by Crippen LogP contribution is -2.43. The summed E-state index contributed by atoms with van der Waals surface area (Å²) in [7, 11) is 0. The van der Waals surface area contributed by atoms with Gasteiger partial charge in [0.15, 0.2) is 0 Å². The van der Waals surface area contributed by atoms with Gasteiger partial charge in [-0.1, -0.05) is 30.3 Å². The summed E-state index contributed by atoms with van der Waals surface area (Å²) >= 11 is 0. The maximum absolute atomic E-state index is 13.2. The molecular weight excluding hydrogens is 396 g/mol. The van der Waals surface area contributed by atoms with Crippen LogP contribution in [0.2, 0.25) is 0 Å². The molecule has 1 unspecified atom stereocenters. The highest BCUT2D eigenvalue weighted by molar-refractivity contribution is 6.11.